The van der Waals surface area contributed by atoms with E-state index in [0.29, 0.717) is 39.2 Å². The third-order valence-electron chi connectivity index (χ3n) is 4.37. The Morgan fingerprint density at radius 2 is 2.04 bits per heavy atom. The standard InChI is InChI=1S/C20H16ClN3O4/c1-11-15(23-19(27-11)12-4-3-5-13(21)8-12)10-18(25)22-14-6-7-16-17(9-14)28-20(26)24(16)2/h3-9H,10H2,1-2H3,(H,22,25). The van der Waals surface area contributed by atoms with Crippen LogP contribution in [0.5, 0.6) is 0 Å². The number of oxazole rings is 2. The average Bonchev–Trinajstić information content (AvgIpc) is 3.15. The van der Waals surface area contributed by atoms with Crippen molar-refractivity contribution in [3.63, 3.8) is 0 Å². The van der Waals surface area contributed by atoms with Crippen LogP contribution in [0.3, 0.4) is 0 Å². The number of nitrogens with one attached hydrogen (secondary N) is 1. The molecule has 1 amide bonds. The highest BCUT2D eigenvalue weighted by atomic mass is 35.5. The van der Waals surface area contributed by atoms with E-state index in [-0.39, 0.29) is 12.3 Å². The van der Waals surface area contributed by atoms with Gasteiger partial charge in [0.25, 0.3) is 0 Å². The number of nitrogens with zero attached hydrogens (tertiary/aromatic N) is 2. The summed E-state index contributed by atoms with van der Waals surface area (Å²) in [5.74, 6) is 0.266. The van der Waals surface area contributed by atoms with Crippen molar-refractivity contribution in [2.75, 3.05) is 5.32 Å². The van der Waals surface area contributed by atoms with E-state index >= 15 is 0 Å². The predicted octanol–water partition coefficient (Wildman–Crippen LogP) is 3.93. The van der Waals surface area contributed by atoms with Gasteiger partial charge in [-0.05, 0) is 37.3 Å². The molecule has 7 nitrogen and oxygen atoms in total. The van der Waals surface area contributed by atoms with Gasteiger partial charge in [-0.2, -0.15) is 0 Å². The lowest BCUT2D eigenvalue weighted by Crippen LogP contribution is -2.15. The van der Waals surface area contributed by atoms with Crippen LogP contribution >= 0.6 is 11.6 Å². The number of hydrogen-bond acceptors (Lipinski definition) is 5. The Balaban J connectivity index is 1.52. The lowest BCUT2D eigenvalue weighted by atomic mass is 10.2. The largest absolute Gasteiger partial charge is 0.441 e. The van der Waals surface area contributed by atoms with Crippen LogP contribution in [-0.4, -0.2) is 15.5 Å². The summed E-state index contributed by atoms with van der Waals surface area (Å²) in [7, 11) is 1.62. The van der Waals surface area contributed by atoms with Gasteiger partial charge in [-0.1, -0.05) is 17.7 Å². The number of rotatable bonds is 4. The molecule has 0 unspecified atom stereocenters. The number of amides is 1. The summed E-state index contributed by atoms with van der Waals surface area (Å²) in [6.45, 7) is 1.76. The van der Waals surface area contributed by atoms with Crippen molar-refractivity contribution in [2.24, 2.45) is 7.05 Å². The molecular weight excluding hydrogens is 382 g/mol. The van der Waals surface area contributed by atoms with E-state index in [4.69, 9.17) is 20.4 Å². The monoisotopic (exact) mass is 397 g/mol. The third-order valence-corrected chi connectivity index (χ3v) is 4.60. The first-order valence-corrected chi connectivity index (χ1v) is 8.90. The highest BCUT2D eigenvalue weighted by Gasteiger charge is 2.16. The van der Waals surface area contributed by atoms with Crippen molar-refractivity contribution in [3.05, 3.63) is 69.5 Å². The van der Waals surface area contributed by atoms with E-state index in [1.54, 1.807) is 44.3 Å². The van der Waals surface area contributed by atoms with Gasteiger partial charge < -0.3 is 14.2 Å². The van der Waals surface area contributed by atoms with E-state index in [9.17, 15) is 9.59 Å². The zero-order valence-corrected chi connectivity index (χ0v) is 15.9. The molecule has 142 valence electrons. The Morgan fingerprint density at radius 1 is 1.21 bits per heavy atom. The van der Waals surface area contributed by atoms with E-state index in [0.717, 1.165) is 5.56 Å². The van der Waals surface area contributed by atoms with E-state index in [2.05, 4.69) is 10.3 Å². The summed E-state index contributed by atoms with van der Waals surface area (Å²) in [4.78, 5) is 28.4. The van der Waals surface area contributed by atoms with Crippen molar-refractivity contribution in [1.29, 1.82) is 0 Å². The maximum absolute atomic E-state index is 12.4. The van der Waals surface area contributed by atoms with Crippen LogP contribution in [0.15, 0.2) is 56.1 Å². The maximum atomic E-state index is 12.4. The summed E-state index contributed by atoms with van der Waals surface area (Å²) < 4.78 is 12.2. The molecular formula is C20H16ClN3O4. The molecule has 4 rings (SSSR count). The lowest BCUT2D eigenvalue weighted by molar-refractivity contribution is -0.115. The number of hydrogen-bond donors (Lipinski definition) is 1. The number of anilines is 1. The molecule has 0 atom stereocenters. The van der Waals surface area contributed by atoms with Gasteiger partial charge in [0, 0.05) is 29.4 Å². The van der Waals surface area contributed by atoms with Crippen molar-refractivity contribution in [3.8, 4) is 11.5 Å². The zero-order valence-electron chi connectivity index (χ0n) is 15.2. The third kappa shape index (κ3) is 3.44. The average molecular weight is 398 g/mol. The van der Waals surface area contributed by atoms with E-state index in [1.165, 1.54) is 4.57 Å². The molecule has 2 aromatic carbocycles. The lowest BCUT2D eigenvalue weighted by Gasteiger charge is -2.04. The van der Waals surface area contributed by atoms with Crippen LogP contribution in [0.1, 0.15) is 11.5 Å². The van der Waals surface area contributed by atoms with Crippen LogP contribution in [-0.2, 0) is 18.3 Å². The minimum Gasteiger partial charge on any atom is -0.441 e. The zero-order chi connectivity index (χ0) is 19.8. The maximum Gasteiger partial charge on any atom is 0.419 e. The Bertz CT molecular complexity index is 1250. The van der Waals surface area contributed by atoms with Gasteiger partial charge in [0.05, 0.1) is 17.6 Å². The smallest absolute Gasteiger partial charge is 0.419 e. The Hall–Kier alpha value is -3.32. The van der Waals surface area contributed by atoms with Crippen LogP contribution in [0.25, 0.3) is 22.6 Å². The van der Waals surface area contributed by atoms with Gasteiger partial charge in [0.2, 0.25) is 11.8 Å². The first-order chi connectivity index (χ1) is 13.4. The first-order valence-electron chi connectivity index (χ1n) is 8.52. The second kappa shape index (κ2) is 7.01. The van der Waals surface area contributed by atoms with Crippen LogP contribution in [0, 0.1) is 6.92 Å². The Labute approximate surface area is 164 Å². The fourth-order valence-electron chi connectivity index (χ4n) is 2.91. The molecule has 28 heavy (non-hydrogen) atoms. The molecule has 0 spiro atoms. The van der Waals surface area contributed by atoms with Crippen molar-refractivity contribution in [2.45, 2.75) is 13.3 Å². The topological polar surface area (TPSA) is 90.3 Å². The number of carbonyl (C=O) groups excluding carboxylic acids is 1. The van der Waals surface area contributed by atoms with Gasteiger partial charge in [-0.25, -0.2) is 9.78 Å². The number of halogens is 1. The second-order valence-electron chi connectivity index (χ2n) is 6.37. The van der Waals surface area contributed by atoms with Gasteiger partial charge in [-0.15, -0.1) is 0 Å². The van der Waals surface area contributed by atoms with Crippen molar-refractivity contribution >= 4 is 34.3 Å². The number of fused-ring (bicyclic) bond motifs is 1. The highest BCUT2D eigenvalue weighted by Crippen LogP contribution is 2.25. The van der Waals surface area contributed by atoms with E-state index in [1.807, 2.05) is 12.1 Å². The molecule has 0 bridgehead atoms. The SMILES string of the molecule is Cc1oc(-c2cccc(Cl)c2)nc1CC(=O)Nc1ccc2c(c1)oc(=O)n2C. The fourth-order valence-corrected chi connectivity index (χ4v) is 3.10. The van der Waals surface area contributed by atoms with Gasteiger partial charge in [0.15, 0.2) is 5.58 Å². The number of aromatic nitrogens is 2. The molecule has 0 saturated heterocycles. The number of aryl methyl sites for hydroxylation is 2. The predicted molar refractivity (Wildman–Crippen MR) is 105 cm³/mol. The summed E-state index contributed by atoms with van der Waals surface area (Å²) >= 11 is 6.01. The molecule has 2 heterocycles. The summed E-state index contributed by atoms with van der Waals surface area (Å²) in [6.07, 6.45) is 0.0483. The summed E-state index contributed by atoms with van der Waals surface area (Å²) in [5.41, 5.74) is 2.88. The van der Waals surface area contributed by atoms with E-state index < -0.39 is 5.76 Å². The normalized spacial score (nSPS) is 11.1. The molecule has 0 aliphatic heterocycles. The van der Waals surface area contributed by atoms with Gasteiger partial charge >= 0.3 is 5.76 Å². The number of carbonyl (C=O) groups is 1. The van der Waals surface area contributed by atoms with Crippen LogP contribution in [0.2, 0.25) is 5.02 Å². The number of benzene rings is 2. The van der Waals surface area contributed by atoms with Crippen molar-refractivity contribution < 1.29 is 13.6 Å². The molecule has 0 aliphatic carbocycles. The minimum absolute atomic E-state index is 0.0483. The van der Waals surface area contributed by atoms with Crippen LogP contribution in [0.4, 0.5) is 5.69 Å². The van der Waals surface area contributed by atoms with Gasteiger partial charge in [-0.3, -0.25) is 9.36 Å². The molecule has 8 heteroatoms. The molecule has 1 N–H and O–H groups in total. The molecule has 0 radical (unpaired) electrons. The van der Waals surface area contributed by atoms with Crippen LogP contribution < -0.4 is 11.1 Å². The molecule has 2 aromatic heterocycles. The first kappa shape index (κ1) is 18.1. The summed E-state index contributed by atoms with van der Waals surface area (Å²) in [5, 5.41) is 3.36. The molecule has 0 fully saturated rings. The fraction of sp³-hybridized carbons (Fsp3) is 0.150. The Kier molecular flexibility index (Phi) is 4.52. The summed E-state index contributed by atoms with van der Waals surface area (Å²) in [6, 6.07) is 12.2. The second-order valence-corrected chi connectivity index (χ2v) is 6.80. The highest BCUT2D eigenvalue weighted by molar-refractivity contribution is 6.30. The minimum atomic E-state index is -0.453. The molecule has 0 aliphatic rings. The molecule has 4 aromatic rings. The quantitative estimate of drug-likeness (QED) is 0.563. The Morgan fingerprint density at radius 3 is 2.82 bits per heavy atom. The van der Waals surface area contributed by atoms with Gasteiger partial charge in [0.1, 0.15) is 5.76 Å². The van der Waals surface area contributed by atoms with Crippen molar-refractivity contribution in [1.82, 2.24) is 9.55 Å². The molecule has 0 saturated carbocycles.